The lowest BCUT2D eigenvalue weighted by Gasteiger charge is -2.31. The zero-order valence-electron chi connectivity index (χ0n) is 13.3. The summed E-state index contributed by atoms with van der Waals surface area (Å²) in [4.78, 5) is 11.0. The van der Waals surface area contributed by atoms with E-state index < -0.39 is 0 Å². The molecule has 3 heterocycles. The standard InChI is InChI=1S/C17H17ClN4O2/c1-11-19-17(21-24-11)15-10-22(6-7-23-15)9-13-8-12-4-2-3-5-14(12)20-16(13)18/h2-5,8,15H,6-7,9-10H2,1H3/t15-/m1/s1. The second-order valence-electron chi connectivity index (χ2n) is 5.90. The van der Waals surface area contributed by atoms with E-state index in [1.54, 1.807) is 6.92 Å². The molecule has 1 aromatic carbocycles. The lowest BCUT2D eigenvalue weighted by Crippen LogP contribution is -2.38. The van der Waals surface area contributed by atoms with E-state index in [0.717, 1.165) is 23.0 Å². The van der Waals surface area contributed by atoms with Crippen LogP contribution in [0.5, 0.6) is 0 Å². The van der Waals surface area contributed by atoms with Gasteiger partial charge >= 0.3 is 0 Å². The molecule has 6 nitrogen and oxygen atoms in total. The van der Waals surface area contributed by atoms with Crippen LogP contribution >= 0.6 is 11.6 Å². The first kappa shape index (κ1) is 15.5. The van der Waals surface area contributed by atoms with Crippen LogP contribution in [0.3, 0.4) is 0 Å². The molecule has 1 saturated heterocycles. The summed E-state index contributed by atoms with van der Waals surface area (Å²) < 4.78 is 10.8. The minimum absolute atomic E-state index is 0.177. The van der Waals surface area contributed by atoms with Gasteiger partial charge in [0.25, 0.3) is 0 Å². The van der Waals surface area contributed by atoms with E-state index in [9.17, 15) is 0 Å². The van der Waals surface area contributed by atoms with Crippen molar-refractivity contribution in [3.8, 4) is 0 Å². The summed E-state index contributed by atoms with van der Waals surface area (Å²) in [6, 6.07) is 10.1. The number of hydrogen-bond donors (Lipinski definition) is 0. The molecule has 0 aliphatic carbocycles. The Hall–Kier alpha value is -2.02. The van der Waals surface area contributed by atoms with Gasteiger partial charge in [-0.15, -0.1) is 0 Å². The minimum Gasteiger partial charge on any atom is -0.367 e. The van der Waals surface area contributed by atoms with Gasteiger partial charge in [0.15, 0.2) is 0 Å². The van der Waals surface area contributed by atoms with E-state index in [1.165, 1.54) is 0 Å². The second-order valence-corrected chi connectivity index (χ2v) is 6.26. The molecule has 4 rings (SSSR count). The van der Waals surface area contributed by atoms with Crippen LogP contribution in [-0.2, 0) is 11.3 Å². The van der Waals surface area contributed by atoms with Crippen LogP contribution in [0.15, 0.2) is 34.9 Å². The minimum atomic E-state index is -0.177. The number of rotatable bonds is 3. The zero-order chi connectivity index (χ0) is 16.5. The largest absolute Gasteiger partial charge is 0.367 e. The van der Waals surface area contributed by atoms with Crippen molar-refractivity contribution in [2.45, 2.75) is 19.6 Å². The van der Waals surface area contributed by atoms with Crippen LogP contribution in [0, 0.1) is 6.92 Å². The van der Waals surface area contributed by atoms with Crippen molar-refractivity contribution in [1.29, 1.82) is 0 Å². The maximum absolute atomic E-state index is 6.37. The number of fused-ring (bicyclic) bond motifs is 1. The molecule has 7 heteroatoms. The summed E-state index contributed by atoms with van der Waals surface area (Å²) in [6.07, 6.45) is -0.177. The van der Waals surface area contributed by atoms with Crippen molar-refractivity contribution in [2.24, 2.45) is 0 Å². The molecular formula is C17H17ClN4O2. The highest BCUT2D eigenvalue weighted by molar-refractivity contribution is 6.30. The molecule has 1 aliphatic heterocycles. The molecule has 0 amide bonds. The van der Waals surface area contributed by atoms with E-state index in [-0.39, 0.29) is 6.10 Å². The molecule has 124 valence electrons. The molecule has 0 saturated carbocycles. The Morgan fingerprint density at radius 2 is 2.17 bits per heavy atom. The second kappa shape index (κ2) is 6.47. The summed E-state index contributed by atoms with van der Waals surface area (Å²) in [5, 5.41) is 5.60. The van der Waals surface area contributed by atoms with Gasteiger partial charge < -0.3 is 9.26 Å². The fourth-order valence-electron chi connectivity index (χ4n) is 2.94. The van der Waals surface area contributed by atoms with Gasteiger partial charge in [0, 0.05) is 37.5 Å². The molecule has 0 radical (unpaired) electrons. The van der Waals surface area contributed by atoms with Gasteiger partial charge in [-0.25, -0.2) is 4.98 Å². The molecule has 0 bridgehead atoms. The normalized spacial score (nSPS) is 19.0. The number of aryl methyl sites for hydroxylation is 1. The first-order chi connectivity index (χ1) is 11.7. The molecule has 0 N–H and O–H groups in total. The summed E-state index contributed by atoms with van der Waals surface area (Å²) in [6.45, 7) is 4.64. The number of hydrogen-bond acceptors (Lipinski definition) is 6. The first-order valence-corrected chi connectivity index (χ1v) is 8.25. The highest BCUT2D eigenvalue weighted by Gasteiger charge is 2.26. The number of para-hydroxylation sites is 1. The predicted octanol–water partition coefficient (Wildman–Crippen LogP) is 3.15. The fraction of sp³-hybridized carbons (Fsp3) is 0.353. The Bertz CT molecular complexity index is 867. The summed E-state index contributed by atoms with van der Waals surface area (Å²) >= 11 is 6.37. The maximum Gasteiger partial charge on any atom is 0.223 e. The summed E-state index contributed by atoms with van der Waals surface area (Å²) in [5.74, 6) is 1.15. The van der Waals surface area contributed by atoms with Crippen LogP contribution in [0.4, 0.5) is 0 Å². The highest BCUT2D eigenvalue weighted by Crippen LogP contribution is 2.25. The SMILES string of the molecule is Cc1nc([C@H]2CN(Cc3cc4ccccc4nc3Cl)CCO2)no1. The average Bonchev–Trinajstić information content (AvgIpc) is 3.02. The van der Waals surface area contributed by atoms with Crippen molar-refractivity contribution in [3.05, 3.63) is 52.8 Å². The predicted molar refractivity (Wildman–Crippen MR) is 89.8 cm³/mol. The van der Waals surface area contributed by atoms with Crippen LogP contribution < -0.4 is 0 Å². The van der Waals surface area contributed by atoms with Gasteiger partial charge in [0.2, 0.25) is 11.7 Å². The topological polar surface area (TPSA) is 64.3 Å². The van der Waals surface area contributed by atoms with Crippen LogP contribution in [-0.4, -0.2) is 39.7 Å². The lowest BCUT2D eigenvalue weighted by molar-refractivity contribution is -0.0380. The van der Waals surface area contributed by atoms with Crippen molar-refractivity contribution in [1.82, 2.24) is 20.0 Å². The number of morpholine rings is 1. The van der Waals surface area contributed by atoms with E-state index >= 15 is 0 Å². The number of ether oxygens (including phenoxy) is 1. The first-order valence-electron chi connectivity index (χ1n) is 7.87. The molecule has 1 atom stereocenters. The molecule has 1 fully saturated rings. The van der Waals surface area contributed by atoms with Crippen molar-refractivity contribution < 1.29 is 9.26 Å². The Labute approximate surface area is 144 Å². The molecule has 2 aromatic heterocycles. The number of pyridine rings is 1. The lowest BCUT2D eigenvalue weighted by atomic mass is 10.1. The Kier molecular flexibility index (Phi) is 4.18. The summed E-state index contributed by atoms with van der Waals surface area (Å²) in [5.41, 5.74) is 1.92. The van der Waals surface area contributed by atoms with E-state index in [0.29, 0.717) is 36.6 Å². The molecule has 1 aliphatic rings. The van der Waals surface area contributed by atoms with Crippen LogP contribution in [0.25, 0.3) is 10.9 Å². The smallest absolute Gasteiger partial charge is 0.223 e. The number of halogens is 1. The highest BCUT2D eigenvalue weighted by atomic mass is 35.5. The molecule has 3 aromatic rings. The third-order valence-electron chi connectivity index (χ3n) is 4.13. The van der Waals surface area contributed by atoms with E-state index in [2.05, 4.69) is 26.1 Å². The quantitative estimate of drug-likeness (QED) is 0.680. The molecule has 0 unspecified atom stereocenters. The maximum atomic E-state index is 6.37. The Balaban J connectivity index is 1.53. The van der Waals surface area contributed by atoms with Gasteiger partial charge in [0.1, 0.15) is 11.3 Å². The van der Waals surface area contributed by atoms with Crippen LogP contribution in [0.1, 0.15) is 23.4 Å². The van der Waals surface area contributed by atoms with Crippen molar-refractivity contribution in [3.63, 3.8) is 0 Å². The van der Waals surface area contributed by atoms with Gasteiger partial charge in [-0.3, -0.25) is 4.90 Å². The molecule has 24 heavy (non-hydrogen) atoms. The third kappa shape index (κ3) is 3.13. The Morgan fingerprint density at radius 1 is 1.29 bits per heavy atom. The van der Waals surface area contributed by atoms with Gasteiger partial charge in [0.05, 0.1) is 12.1 Å². The fourth-order valence-corrected chi connectivity index (χ4v) is 3.14. The summed E-state index contributed by atoms with van der Waals surface area (Å²) in [7, 11) is 0. The number of nitrogens with zero attached hydrogens (tertiary/aromatic N) is 4. The van der Waals surface area contributed by atoms with E-state index in [1.807, 2.05) is 24.3 Å². The molecule has 0 spiro atoms. The van der Waals surface area contributed by atoms with Crippen molar-refractivity contribution >= 4 is 22.5 Å². The van der Waals surface area contributed by atoms with Gasteiger partial charge in [-0.05, 0) is 12.1 Å². The van der Waals surface area contributed by atoms with E-state index in [4.69, 9.17) is 20.9 Å². The molecular weight excluding hydrogens is 328 g/mol. The third-order valence-corrected chi connectivity index (χ3v) is 4.45. The number of aromatic nitrogens is 3. The number of benzene rings is 1. The van der Waals surface area contributed by atoms with Crippen LogP contribution in [0.2, 0.25) is 5.15 Å². The van der Waals surface area contributed by atoms with Gasteiger partial charge in [-0.2, -0.15) is 4.98 Å². The monoisotopic (exact) mass is 344 g/mol. The van der Waals surface area contributed by atoms with Gasteiger partial charge in [-0.1, -0.05) is 35.0 Å². The van der Waals surface area contributed by atoms with Crippen molar-refractivity contribution in [2.75, 3.05) is 19.7 Å². The average molecular weight is 345 g/mol. The Morgan fingerprint density at radius 3 is 3.00 bits per heavy atom. The zero-order valence-corrected chi connectivity index (χ0v) is 14.0.